The number of rotatable bonds is 6. The minimum Gasteiger partial charge on any atom is -0.370 e. The molecular weight excluding hydrogens is 579 g/mol. The summed E-state index contributed by atoms with van der Waals surface area (Å²) in [4.78, 5) is 19.7. The Labute approximate surface area is 248 Å². The van der Waals surface area contributed by atoms with Crippen LogP contribution in [-0.2, 0) is 14.5 Å². The first-order valence-electron chi connectivity index (χ1n) is 14.3. The molecule has 2 atom stereocenters. The SMILES string of the molecule is CN=S1(=O)CCN(c2ccc(-c3cn(-c4ccc(F)cn4)nc3C3CC(F)(F)CCC3C(=O)NC3(C#N)CC3)cc2)CC1. The fourth-order valence-corrected chi connectivity index (χ4v) is 7.55. The largest absolute Gasteiger partial charge is 0.370 e. The summed E-state index contributed by atoms with van der Waals surface area (Å²) in [6.45, 7) is 1.21. The van der Waals surface area contributed by atoms with Crippen LogP contribution in [0.25, 0.3) is 16.9 Å². The van der Waals surface area contributed by atoms with Gasteiger partial charge in [-0.3, -0.25) is 4.79 Å². The van der Waals surface area contributed by atoms with Crippen LogP contribution in [0.1, 0.15) is 43.7 Å². The number of hydrogen-bond acceptors (Lipinski definition) is 7. The van der Waals surface area contributed by atoms with Gasteiger partial charge in [-0.15, -0.1) is 0 Å². The minimum atomic E-state index is -3.00. The maximum Gasteiger partial charge on any atom is 0.248 e. The zero-order valence-corrected chi connectivity index (χ0v) is 24.5. The van der Waals surface area contributed by atoms with Gasteiger partial charge in [0.25, 0.3) is 0 Å². The lowest BCUT2D eigenvalue weighted by molar-refractivity contribution is -0.131. The number of halogens is 3. The van der Waals surface area contributed by atoms with Gasteiger partial charge in [0, 0.05) is 83.5 Å². The number of carbonyl (C=O) groups is 1. The van der Waals surface area contributed by atoms with Crippen LogP contribution in [0.5, 0.6) is 0 Å². The summed E-state index contributed by atoms with van der Waals surface area (Å²) >= 11 is 0. The highest BCUT2D eigenvalue weighted by Crippen LogP contribution is 2.48. The normalized spacial score (nSPS) is 23.7. The van der Waals surface area contributed by atoms with Gasteiger partial charge >= 0.3 is 0 Å². The van der Waals surface area contributed by atoms with E-state index in [4.69, 9.17) is 0 Å². The molecule has 3 aromatic rings. The number of hydrogen-bond donors (Lipinski definition) is 1. The molecule has 226 valence electrons. The lowest BCUT2D eigenvalue weighted by Crippen LogP contribution is -2.45. The van der Waals surface area contributed by atoms with Gasteiger partial charge in [0.1, 0.15) is 11.4 Å². The molecule has 1 N–H and O–H groups in total. The number of benzene rings is 1. The van der Waals surface area contributed by atoms with E-state index in [0.29, 0.717) is 60.1 Å². The summed E-state index contributed by atoms with van der Waals surface area (Å²) < 4.78 is 61.6. The first-order chi connectivity index (χ1) is 20.5. The fraction of sp³-hybridized carbons (Fsp3) is 0.467. The zero-order valence-electron chi connectivity index (χ0n) is 23.7. The van der Waals surface area contributed by atoms with Gasteiger partial charge in [0.15, 0.2) is 5.82 Å². The fourth-order valence-electron chi connectivity index (χ4n) is 5.97. The molecule has 43 heavy (non-hydrogen) atoms. The van der Waals surface area contributed by atoms with Crippen molar-refractivity contribution in [2.75, 3.05) is 36.5 Å². The number of carbonyl (C=O) groups excluding carboxylic acids is 1. The van der Waals surface area contributed by atoms with E-state index in [1.165, 1.54) is 16.8 Å². The van der Waals surface area contributed by atoms with E-state index >= 15 is 0 Å². The Morgan fingerprint density at radius 2 is 1.86 bits per heavy atom. The van der Waals surface area contributed by atoms with Crippen LogP contribution < -0.4 is 10.2 Å². The second-order valence-electron chi connectivity index (χ2n) is 11.6. The highest BCUT2D eigenvalue weighted by atomic mass is 32.2. The number of amides is 1. The Hall–Kier alpha value is -3.92. The predicted octanol–water partition coefficient (Wildman–Crippen LogP) is 4.68. The smallest absolute Gasteiger partial charge is 0.248 e. The monoisotopic (exact) mass is 611 g/mol. The molecule has 0 radical (unpaired) electrons. The molecule has 2 unspecified atom stereocenters. The molecule has 1 amide bonds. The second-order valence-corrected chi connectivity index (χ2v) is 14.3. The average Bonchev–Trinajstić information content (AvgIpc) is 3.64. The Morgan fingerprint density at radius 1 is 1.14 bits per heavy atom. The molecule has 1 aromatic carbocycles. The Kier molecular flexibility index (Phi) is 7.44. The molecule has 0 spiro atoms. The Balaban J connectivity index is 1.37. The van der Waals surface area contributed by atoms with Crippen LogP contribution in [0.2, 0.25) is 0 Å². The van der Waals surface area contributed by atoms with Crippen LogP contribution in [-0.4, -0.2) is 68.0 Å². The minimum absolute atomic E-state index is 0.0484. The first-order valence-corrected chi connectivity index (χ1v) is 16.2. The van der Waals surface area contributed by atoms with Crippen LogP contribution in [0.3, 0.4) is 0 Å². The van der Waals surface area contributed by atoms with Gasteiger partial charge in [-0.2, -0.15) is 10.4 Å². The predicted molar refractivity (Wildman–Crippen MR) is 156 cm³/mol. The second kappa shape index (κ2) is 11.0. The lowest BCUT2D eigenvalue weighted by atomic mass is 9.74. The summed E-state index contributed by atoms with van der Waals surface area (Å²) in [6.07, 6.45) is 2.74. The quantitative estimate of drug-likeness (QED) is 0.433. The van der Waals surface area contributed by atoms with Gasteiger partial charge < -0.3 is 10.2 Å². The molecular formula is C30H32F3N7O2S. The van der Waals surface area contributed by atoms with Gasteiger partial charge in [0.2, 0.25) is 11.8 Å². The topological polar surface area (TPSA) is 116 Å². The molecule has 6 rings (SSSR count). The number of alkyl halides is 2. The van der Waals surface area contributed by atoms with E-state index in [1.54, 1.807) is 13.2 Å². The molecule has 1 aliphatic heterocycles. The average molecular weight is 612 g/mol. The number of aromatic nitrogens is 3. The van der Waals surface area contributed by atoms with Gasteiger partial charge in [0.05, 0.1) is 18.0 Å². The number of nitrogens with one attached hydrogen (secondary N) is 1. The highest BCUT2D eigenvalue weighted by molar-refractivity contribution is 7.93. The summed E-state index contributed by atoms with van der Waals surface area (Å²) in [5.74, 6) is -4.40. The number of nitrogens with zero attached hydrogens (tertiary/aromatic N) is 6. The van der Waals surface area contributed by atoms with Crippen LogP contribution in [0.15, 0.2) is 53.2 Å². The molecule has 1 saturated heterocycles. The van der Waals surface area contributed by atoms with Crippen LogP contribution >= 0.6 is 0 Å². The van der Waals surface area contributed by atoms with E-state index in [9.17, 15) is 27.4 Å². The molecule has 2 aliphatic carbocycles. The van der Waals surface area contributed by atoms with E-state index in [2.05, 4.69) is 30.7 Å². The molecule has 3 fully saturated rings. The van der Waals surface area contributed by atoms with Gasteiger partial charge in [-0.25, -0.2) is 31.4 Å². The van der Waals surface area contributed by atoms with Crippen molar-refractivity contribution in [3.63, 3.8) is 0 Å². The zero-order chi connectivity index (χ0) is 30.4. The highest BCUT2D eigenvalue weighted by Gasteiger charge is 2.50. The van der Waals surface area contributed by atoms with E-state index in [1.807, 2.05) is 24.3 Å². The van der Waals surface area contributed by atoms with Gasteiger partial charge in [-0.05, 0) is 49.1 Å². The summed E-state index contributed by atoms with van der Waals surface area (Å²) in [5, 5.41) is 17.0. The van der Waals surface area contributed by atoms with Gasteiger partial charge in [-0.1, -0.05) is 12.1 Å². The van der Waals surface area contributed by atoms with Crippen molar-refractivity contribution in [3.05, 3.63) is 60.3 Å². The van der Waals surface area contributed by atoms with E-state index in [-0.39, 0.29) is 6.42 Å². The number of anilines is 1. The van der Waals surface area contributed by atoms with Crippen LogP contribution in [0, 0.1) is 23.1 Å². The Morgan fingerprint density at radius 3 is 2.47 bits per heavy atom. The Bertz CT molecular complexity index is 1670. The van der Waals surface area contributed by atoms with E-state index < -0.39 is 57.6 Å². The third-order valence-corrected chi connectivity index (χ3v) is 11.1. The first kappa shape index (κ1) is 29.2. The summed E-state index contributed by atoms with van der Waals surface area (Å²) in [5.41, 5.74) is 1.60. The van der Waals surface area contributed by atoms with Crippen LogP contribution in [0.4, 0.5) is 18.9 Å². The van der Waals surface area contributed by atoms with Crippen molar-refractivity contribution in [2.45, 2.75) is 49.5 Å². The molecule has 13 heteroatoms. The third kappa shape index (κ3) is 5.98. The van der Waals surface area contributed by atoms with Crippen molar-refractivity contribution in [3.8, 4) is 23.0 Å². The third-order valence-electron chi connectivity index (χ3n) is 8.77. The lowest BCUT2D eigenvalue weighted by Gasteiger charge is -2.35. The van der Waals surface area contributed by atoms with Crippen molar-refractivity contribution in [1.29, 1.82) is 5.26 Å². The van der Waals surface area contributed by atoms with Crippen molar-refractivity contribution in [2.24, 2.45) is 10.3 Å². The standard InChI is InChI=1S/C30H32F3N7O2S/c1-35-43(42)14-12-39(13-15-43)22-5-2-20(3-6-22)25-18-40(26-7-4-21(31)17-36-26)38-27(25)24-16-30(32,33)9-8-23(24)28(41)37-29(19-34)10-11-29/h2-7,17-18,23-24H,8-16H2,1H3,(H,37,41). The molecule has 2 saturated carbocycles. The molecule has 9 nitrogen and oxygen atoms in total. The van der Waals surface area contributed by atoms with Crippen molar-refractivity contribution < 1.29 is 22.2 Å². The van der Waals surface area contributed by atoms with Crippen molar-refractivity contribution >= 4 is 21.3 Å². The molecule has 2 aromatic heterocycles. The maximum absolute atomic E-state index is 14.9. The molecule has 3 heterocycles. The molecule has 3 aliphatic rings. The van der Waals surface area contributed by atoms with E-state index in [0.717, 1.165) is 11.9 Å². The molecule has 0 bridgehead atoms. The summed E-state index contributed by atoms with van der Waals surface area (Å²) in [6, 6.07) is 12.4. The summed E-state index contributed by atoms with van der Waals surface area (Å²) in [7, 11) is -0.572. The maximum atomic E-state index is 14.9. The number of pyridine rings is 1. The number of nitriles is 1. The van der Waals surface area contributed by atoms with Crippen molar-refractivity contribution in [1.82, 2.24) is 20.1 Å².